The fourth-order valence-electron chi connectivity index (χ4n) is 1.63. The van der Waals surface area contributed by atoms with E-state index in [0.29, 0.717) is 0 Å². The molecule has 0 fully saturated rings. The van der Waals surface area contributed by atoms with E-state index in [1.807, 2.05) is 13.8 Å². The molecule has 0 aliphatic heterocycles. The van der Waals surface area contributed by atoms with Gasteiger partial charge in [-0.3, -0.25) is 19.7 Å². The van der Waals surface area contributed by atoms with Gasteiger partial charge in [0.05, 0.1) is 4.92 Å². The molecule has 1 aromatic carbocycles. The number of hydrogen-bond donors (Lipinski definition) is 3. The van der Waals surface area contributed by atoms with Crippen LogP contribution in [0.1, 0.15) is 30.6 Å². The number of rotatable bonds is 6. The first-order valence-corrected chi connectivity index (χ1v) is 6.42. The molecule has 0 aromatic heterocycles. The topological polar surface area (TPSA) is 127 Å². The van der Waals surface area contributed by atoms with Crippen LogP contribution in [0.4, 0.5) is 11.4 Å². The number of nitro groups is 1. The number of nitrogen functional groups attached to an aromatic ring is 1. The van der Waals surface area contributed by atoms with Gasteiger partial charge in [-0.1, -0.05) is 0 Å². The number of anilines is 1. The van der Waals surface area contributed by atoms with Gasteiger partial charge in [0.1, 0.15) is 5.69 Å². The van der Waals surface area contributed by atoms with Gasteiger partial charge in [0, 0.05) is 30.6 Å². The Morgan fingerprint density at radius 2 is 2.05 bits per heavy atom. The Kier molecular flexibility index (Phi) is 5.65. The van der Waals surface area contributed by atoms with E-state index in [1.165, 1.54) is 12.1 Å². The third-order valence-corrected chi connectivity index (χ3v) is 2.58. The lowest BCUT2D eigenvalue weighted by atomic mass is 10.1. The molecular formula is C13H18N4O4. The Bertz CT molecular complexity index is 557. The van der Waals surface area contributed by atoms with E-state index < -0.39 is 10.8 Å². The van der Waals surface area contributed by atoms with Gasteiger partial charge in [0.2, 0.25) is 5.91 Å². The second-order valence-electron chi connectivity index (χ2n) is 4.76. The van der Waals surface area contributed by atoms with Crippen molar-refractivity contribution in [3.8, 4) is 0 Å². The number of nitrogens with one attached hydrogen (secondary N) is 2. The quantitative estimate of drug-likeness (QED) is 0.406. The van der Waals surface area contributed by atoms with Crippen molar-refractivity contribution in [2.75, 3.05) is 12.3 Å². The van der Waals surface area contributed by atoms with E-state index in [0.717, 1.165) is 6.07 Å². The highest BCUT2D eigenvalue weighted by Crippen LogP contribution is 2.22. The first-order chi connectivity index (χ1) is 9.81. The molecule has 114 valence electrons. The standard InChI is InChI=1S/C13H18N4O4/c1-8(2)16-12(18)5-6-15-13(19)9-3-4-10(14)11(7-9)17(20)21/h3-4,7-8H,5-6,14H2,1-2H3,(H,15,19)(H,16,18). The Morgan fingerprint density at radius 3 is 2.62 bits per heavy atom. The van der Waals surface area contributed by atoms with Gasteiger partial charge in [-0.05, 0) is 26.0 Å². The van der Waals surface area contributed by atoms with Gasteiger partial charge in [0.25, 0.3) is 11.6 Å². The van der Waals surface area contributed by atoms with Gasteiger partial charge in [0.15, 0.2) is 0 Å². The maximum atomic E-state index is 11.8. The molecule has 0 saturated carbocycles. The van der Waals surface area contributed by atoms with Gasteiger partial charge < -0.3 is 16.4 Å². The molecule has 2 amide bonds. The van der Waals surface area contributed by atoms with E-state index in [4.69, 9.17) is 5.73 Å². The van der Waals surface area contributed by atoms with Crippen molar-refractivity contribution in [1.82, 2.24) is 10.6 Å². The Balaban J connectivity index is 2.58. The summed E-state index contributed by atoms with van der Waals surface area (Å²) in [7, 11) is 0. The SMILES string of the molecule is CC(C)NC(=O)CCNC(=O)c1ccc(N)c([N+](=O)[O-])c1. The highest BCUT2D eigenvalue weighted by molar-refractivity contribution is 5.95. The summed E-state index contributed by atoms with van der Waals surface area (Å²) < 4.78 is 0. The maximum Gasteiger partial charge on any atom is 0.292 e. The molecule has 0 saturated heterocycles. The number of carbonyl (C=O) groups is 2. The fourth-order valence-corrected chi connectivity index (χ4v) is 1.63. The zero-order chi connectivity index (χ0) is 16.0. The maximum absolute atomic E-state index is 11.8. The van der Waals surface area contributed by atoms with Gasteiger partial charge in [-0.2, -0.15) is 0 Å². The summed E-state index contributed by atoms with van der Waals surface area (Å²) in [6.07, 6.45) is 0.140. The number of carbonyl (C=O) groups excluding carboxylic acids is 2. The molecular weight excluding hydrogens is 276 g/mol. The minimum Gasteiger partial charge on any atom is -0.393 e. The number of nitrogens with two attached hydrogens (primary N) is 1. The predicted octanol–water partition coefficient (Wildman–Crippen LogP) is 0.821. The third-order valence-electron chi connectivity index (χ3n) is 2.58. The smallest absolute Gasteiger partial charge is 0.292 e. The van der Waals surface area contributed by atoms with Crippen LogP contribution in [0.3, 0.4) is 0 Å². The number of amides is 2. The molecule has 0 spiro atoms. The molecule has 0 bridgehead atoms. The van der Waals surface area contributed by atoms with Gasteiger partial charge in [-0.15, -0.1) is 0 Å². The lowest BCUT2D eigenvalue weighted by Gasteiger charge is -2.09. The van der Waals surface area contributed by atoms with Gasteiger partial charge >= 0.3 is 0 Å². The highest BCUT2D eigenvalue weighted by atomic mass is 16.6. The van der Waals surface area contributed by atoms with Crippen molar-refractivity contribution in [2.24, 2.45) is 0 Å². The molecule has 0 aliphatic rings. The molecule has 8 heteroatoms. The zero-order valence-corrected chi connectivity index (χ0v) is 11.9. The van der Waals surface area contributed by atoms with Crippen molar-refractivity contribution < 1.29 is 14.5 Å². The van der Waals surface area contributed by atoms with Crippen molar-refractivity contribution in [3.63, 3.8) is 0 Å². The summed E-state index contributed by atoms with van der Waals surface area (Å²) in [5.74, 6) is -0.663. The van der Waals surface area contributed by atoms with Crippen LogP contribution >= 0.6 is 0 Å². The largest absolute Gasteiger partial charge is 0.393 e. The van der Waals surface area contributed by atoms with E-state index in [-0.39, 0.29) is 41.9 Å². The average molecular weight is 294 g/mol. The monoisotopic (exact) mass is 294 g/mol. The molecule has 21 heavy (non-hydrogen) atoms. The van der Waals surface area contributed by atoms with Crippen molar-refractivity contribution in [1.29, 1.82) is 0 Å². The van der Waals surface area contributed by atoms with Crippen LogP contribution in [-0.2, 0) is 4.79 Å². The number of nitro benzene ring substituents is 1. The van der Waals surface area contributed by atoms with Crippen LogP contribution in [0.5, 0.6) is 0 Å². The fraction of sp³-hybridized carbons (Fsp3) is 0.385. The van der Waals surface area contributed by atoms with Crippen molar-refractivity contribution in [3.05, 3.63) is 33.9 Å². The van der Waals surface area contributed by atoms with Crippen molar-refractivity contribution >= 4 is 23.2 Å². The number of nitrogens with zero attached hydrogens (tertiary/aromatic N) is 1. The van der Waals surface area contributed by atoms with E-state index >= 15 is 0 Å². The van der Waals surface area contributed by atoms with Crippen LogP contribution in [0.2, 0.25) is 0 Å². The molecule has 0 aliphatic carbocycles. The molecule has 0 unspecified atom stereocenters. The van der Waals surface area contributed by atoms with Crippen molar-refractivity contribution in [2.45, 2.75) is 26.3 Å². The summed E-state index contributed by atoms with van der Waals surface area (Å²) in [5.41, 5.74) is 5.25. The minimum absolute atomic E-state index is 0.00661. The van der Waals surface area contributed by atoms with E-state index in [9.17, 15) is 19.7 Å². The lowest BCUT2D eigenvalue weighted by Crippen LogP contribution is -2.34. The Labute approximate surface area is 121 Å². The normalized spacial score (nSPS) is 10.2. The van der Waals surface area contributed by atoms with Crippen LogP contribution in [0.25, 0.3) is 0 Å². The first kappa shape index (κ1) is 16.4. The zero-order valence-electron chi connectivity index (χ0n) is 11.9. The molecule has 0 radical (unpaired) electrons. The van der Waals surface area contributed by atoms with Crippen LogP contribution in [-0.4, -0.2) is 29.3 Å². The molecule has 4 N–H and O–H groups in total. The molecule has 0 heterocycles. The van der Waals surface area contributed by atoms with Crippen LogP contribution < -0.4 is 16.4 Å². The second-order valence-corrected chi connectivity index (χ2v) is 4.76. The highest BCUT2D eigenvalue weighted by Gasteiger charge is 2.15. The molecule has 1 rings (SSSR count). The summed E-state index contributed by atoms with van der Waals surface area (Å²) in [4.78, 5) is 33.3. The Hall–Kier alpha value is -2.64. The molecule has 8 nitrogen and oxygen atoms in total. The molecule has 0 atom stereocenters. The van der Waals surface area contributed by atoms with E-state index in [1.54, 1.807) is 0 Å². The van der Waals surface area contributed by atoms with Crippen LogP contribution in [0, 0.1) is 10.1 Å². The van der Waals surface area contributed by atoms with Crippen LogP contribution in [0.15, 0.2) is 18.2 Å². The molecule has 1 aromatic rings. The summed E-state index contributed by atoms with van der Waals surface area (Å²) in [5, 5.41) is 16.0. The summed E-state index contributed by atoms with van der Waals surface area (Å²) >= 11 is 0. The summed E-state index contributed by atoms with van der Waals surface area (Å²) in [6, 6.07) is 3.84. The third kappa shape index (κ3) is 5.09. The number of hydrogen-bond acceptors (Lipinski definition) is 5. The minimum atomic E-state index is -0.651. The lowest BCUT2D eigenvalue weighted by molar-refractivity contribution is -0.383. The van der Waals surface area contributed by atoms with E-state index in [2.05, 4.69) is 10.6 Å². The second kappa shape index (κ2) is 7.22. The predicted molar refractivity (Wildman–Crippen MR) is 77.7 cm³/mol. The van der Waals surface area contributed by atoms with Gasteiger partial charge in [-0.25, -0.2) is 0 Å². The number of benzene rings is 1. The summed E-state index contributed by atoms with van der Waals surface area (Å²) in [6.45, 7) is 3.82. The average Bonchev–Trinajstić information content (AvgIpc) is 2.37. The Morgan fingerprint density at radius 1 is 1.38 bits per heavy atom. The first-order valence-electron chi connectivity index (χ1n) is 6.42.